The van der Waals surface area contributed by atoms with Crippen LogP contribution in [0.3, 0.4) is 0 Å². The SMILES string of the molecule is Cc1ccccc1CC1CNCC1(F)F. The summed E-state index contributed by atoms with van der Waals surface area (Å²) in [5.74, 6) is -3.11. The molecule has 1 aliphatic heterocycles. The van der Waals surface area contributed by atoms with E-state index in [-0.39, 0.29) is 6.54 Å². The Labute approximate surface area is 88.5 Å². The third kappa shape index (κ3) is 2.17. The molecule has 0 radical (unpaired) electrons. The van der Waals surface area contributed by atoms with Crippen LogP contribution in [0.1, 0.15) is 11.1 Å². The van der Waals surface area contributed by atoms with Crippen LogP contribution in [0, 0.1) is 12.8 Å². The van der Waals surface area contributed by atoms with Gasteiger partial charge in [-0.05, 0) is 24.5 Å². The molecule has 1 aromatic carbocycles. The van der Waals surface area contributed by atoms with Crippen molar-refractivity contribution in [3.63, 3.8) is 0 Å². The van der Waals surface area contributed by atoms with Gasteiger partial charge in [0.2, 0.25) is 0 Å². The van der Waals surface area contributed by atoms with Crippen molar-refractivity contribution >= 4 is 0 Å². The maximum Gasteiger partial charge on any atom is 0.264 e. The standard InChI is InChI=1S/C12H15F2N/c1-9-4-2-3-5-10(9)6-11-7-15-8-12(11,13)14/h2-5,11,15H,6-8H2,1H3. The second kappa shape index (κ2) is 3.89. The van der Waals surface area contributed by atoms with Gasteiger partial charge in [0.25, 0.3) is 5.92 Å². The Morgan fingerprint density at radius 3 is 2.73 bits per heavy atom. The number of aryl methyl sites for hydroxylation is 1. The van der Waals surface area contributed by atoms with Gasteiger partial charge in [-0.1, -0.05) is 24.3 Å². The summed E-state index contributed by atoms with van der Waals surface area (Å²) in [6.07, 6.45) is 0.465. The van der Waals surface area contributed by atoms with Gasteiger partial charge in [0, 0.05) is 12.5 Å². The number of halogens is 2. The molecule has 1 fully saturated rings. The van der Waals surface area contributed by atoms with Crippen LogP contribution >= 0.6 is 0 Å². The van der Waals surface area contributed by atoms with Crippen LogP contribution in [0.5, 0.6) is 0 Å². The summed E-state index contributed by atoms with van der Waals surface area (Å²) in [7, 11) is 0. The number of hydrogen-bond donors (Lipinski definition) is 1. The second-order valence-corrected chi connectivity index (χ2v) is 4.22. The third-order valence-corrected chi connectivity index (χ3v) is 3.08. The minimum absolute atomic E-state index is 0.177. The topological polar surface area (TPSA) is 12.0 Å². The highest BCUT2D eigenvalue weighted by molar-refractivity contribution is 5.26. The van der Waals surface area contributed by atoms with E-state index >= 15 is 0 Å². The van der Waals surface area contributed by atoms with Gasteiger partial charge >= 0.3 is 0 Å². The summed E-state index contributed by atoms with van der Waals surface area (Å²) in [6.45, 7) is 2.21. The Balaban J connectivity index is 2.12. The van der Waals surface area contributed by atoms with Gasteiger partial charge in [0.1, 0.15) is 0 Å². The molecule has 1 unspecified atom stereocenters. The monoisotopic (exact) mass is 211 g/mol. The van der Waals surface area contributed by atoms with E-state index in [1.807, 2.05) is 31.2 Å². The first-order valence-electron chi connectivity index (χ1n) is 5.22. The quantitative estimate of drug-likeness (QED) is 0.792. The molecule has 0 saturated carbocycles. The lowest BCUT2D eigenvalue weighted by molar-refractivity contribution is -0.0212. The smallest absolute Gasteiger partial charge is 0.264 e. The largest absolute Gasteiger partial charge is 0.311 e. The second-order valence-electron chi connectivity index (χ2n) is 4.22. The molecule has 1 saturated heterocycles. The van der Waals surface area contributed by atoms with Gasteiger partial charge < -0.3 is 5.32 Å². The minimum Gasteiger partial charge on any atom is -0.311 e. The Hall–Kier alpha value is -0.960. The van der Waals surface area contributed by atoms with Crippen LogP contribution in [-0.4, -0.2) is 19.0 Å². The first-order valence-corrected chi connectivity index (χ1v) is 5.22. The summed E-state index contributed by atoms with van der Waals surface area (Å²) in [5.41, 5.74) is 2.13. The van der Waals surface area contributed by atoms with E-state index in [0.29, 0.717) is 13.0 Å². The van der Waals surface area contributed by atoms with E-state index in [1.165, 1.54) is 0 Å². The summed E-state index contributed by atoms with van der Waals surface area (Å²) in [4.78, 5) is 0. The van der Waals surface area contributed by atoms with Crippen LogP contribution in [0.15, 0.2) is 24.3 Å². The molecule has 82 valence electrons. The zero-order valence-electron chi connectivity index (χ0n) is 8.76. The van der Waals surface area contributed by atoms with Crippen LogP contribution in [-0.2, 0) is 6.42 Å². The van der Waals surface area contributed by atoms with Gasteiger partial charge in [0.05, 0.1) is 6.54 Å². The normalized spacial score (nSPS) is 24.3. The third-order valence-electron chi connectivity index (χ3n) is 3.08. The Bertz CT molecular complexity index is 349. The molecule has 1 aliphatic rings. The van der Waals surface area contributed by atoms with E-state index in [0.717, 1.165) is 11.1 Å². The van der Waals surface area contributed by atoms with Crippen LogP contribution in [0.25, 0.3) is 0 Å². The fourth-order valence-electron chi connectivity index (χ4n) is 2.03. The van der Waals surface area contributed by atoms with Gasteiger partial charge in [-0.3, -0.25) is 0 Å². The van der Waals surface area contributed by atoms with Crippen molar-refractivity contribution in [2.75, 3.05) is 13.1 Å². The lowest BCUT2D eigenvalue weighted by Gasteiger charge is -2.18. The molecule has 3 heteroatoms. The van der Waals surface area contributed by atoms with Crippen LogP contribution in [0.4, 0.5) is 8.78 Å². The van der Waals surface area contributed by atoms with E-state index < -0.39 is 11.8 Å². The number of benzene rings is 1. The van der Waals surface area contributed by atoms with Gasteiger partial charge in [-0.25, -0.2) is 8.78 Å². The predicted octanol–water partition coefficient (Wildman–Crippen LogP) is 2.39. The molecule has 1 heterocycles. The van der Waals surface area contributed by atoms with E-state index in [9.17, 15) is 8.78 Å². The van der Waals surface area contributed by atoms with Crippen LogP contribution in [0.2, 0.25) is 0 Å². The Kier molecular flexibility index (Phi) is 2.74. The summed E-state index contributed by atoms with van der Waals surface area (Å²) in [5, 5.41) is 2.75. The average Bonchev–Trinajstić information content (AvgIpc) is 2.50. The highest BCUT2D eigenvalue weighted by Gasteiger charge is 2.43. The summed E-state index contributed by atoms with van der Waals surface area (Å²) >= 11 is 0. The molecule has 1 atom stereocenters. The zero-order valence-corrected chi connectivity index (χ0v) is 8.76. The number of rotatable bonds is 2. The number of hydrogen-bond acceptors (Lipinski definition) is 1. The van der Waals surface area contributed by atoms with E-state index in [2.05, 4.69) is 5.32 Å². The van der Waals surface area contributed by atoms with Crippen molar-refractivity contribution in [3.8, 4) is 0 Å². The van der Waals surface area contributed by atoms with Crippen molar-refractivity contribution in [2.45, 2.75) is 19.3 Å². The highest BCUT2D eigenvalue weighted by atomic mass is 19.3. The molecule has 0 bridgehead atoms. The van der Waals surface area contributed by atoms with Gasteiger partial charge in [-0.2, -0.15) is 0 Å². The average molecular weight is 211 g/mol. The lowest BCUT2D eigenvalue weighted by Crippen LogP contribution is -2.28. The molecule has 0 amide bonds. The number of alkyl halides is 2. The highest BCUT2D eigenvalue weighted by Crippen LogP contribution is 2.31. The Morgan fingerprint density at radius 2 is 2.13 bits per heavy atom. The van der Waals surface area contributed by atoms with Crippen molar-refractivity contribution < 1.29 is 8.78 Å². The Morgan fingerprint density at radius 1 is 1.40 bits per heavy atom. The molecule has 0 aliphatic carbocycles. The molecule has 1 aromatic rings. The van der Waals surface area contributed by atoms with E-state index in [1.54, 1.807) is 0 Å². The fourth-order valence-corrected chi connectivity index (χ4v) is 2.03. The molecule has 15 heavy (non-hydrogen) atoms. The molecule has 1 N–H and O–H groups in total. The van der Waals surface area contributed by atoms with E-state index in [4.69, 9.17) is 0 Å². The fraction of sp³-hybridized carbons (Fsp3) is 0.500. The van der Waals surface area contributed by atoms with Crippen molar-refractivity contribution in [1.82, 2.24) is 5.32 Å². The molecule has 0 spiro atoms. The first-order chi connectivity index (χ1) is 7.09. The lowest BCUT2D eigenvalue weighted by atomic mass is 9.93. The maximum atomic E-state index is 13.4. The minimum atomic E-state index is -2.55. The molecule has 1 nitrogen and oxygen atoms in total. The van der Waals surface area contributed by atoms with Crippen molar-refractivity contribution in [3.05, 3.63) is 35.4 Å². The zero-order chi connectivity index (χ0) is 10.9. The maximum absolute atomic E-state index is 13.4. The van der Waals surface area contributed by atoms with Gasteiger partial charge in [-0.15, -0.1) is 0 Å². The van der Waals surface area contributed by atoms with Crippen LogP contribution < -0.4 is 5.32 Å². The molecule has 0 aromatic heterocycles. The number of nitrogens with one attached hydrogen (secondary N) is 1. The molecular weight excluding hydrogens is 196 g/mol. The first kappa shape index (κ1) is 10.6. The summed E-state index contributed by atoms with van der Waals surface area (Å²) < 4.78 is 26.7. The predicted molar refractivity (Wildman–Crippen MR) is 56.2 cm³/mol. The summed E-state index contributed by atoms with van der Waals surface area (Å²) in [6, 6.07) is 7.74. The van der Waals surface area contributed by atoms with Crippen molar-refractivity contribution in [1.29, 1.82) is 0 Å². The molecular formula is C12H15F2N. The van der Waals surface area contributed by atoms with Crippen molar-refractivity contribution in [2.24, 2.45) is 5.92 Å². The van der Waals surface area contributed by atoms with Gasteiger partial charge in [0.15, 0.2) is 0 Å². The molecule has 2 rings (SSSR count).